The number of carbonyl (C=O) groups excluding carboxylic acids is 2. The van der Waals surface area contributed by atoms with E-state index in [2.05, 4.69) is 20.6 Å². The van der Waals surface area contributed by atoms with Gasteiger partial charge in [-0.15, -0.1) is 0 Å². The van der Waals surface area contributed by atoms with Crippen molar-refractivity contribution < 1.29 is 45.1 Å². The summed E-state index contributed by atoms with van der Waals surface area (Å²) in [5, 5.41) is 4.73. The normalized spacial score (nSPS) is 17.2. The lowest BCUT2D eigenvalue weighted by atomic mass is 9.82. The topological polar surface area (TPSA) is 96.1 Å². The van der Waals surface area contributed by atoms with Crippen LogP contribution in [-0.4, -0.2) is 46.3 Å². The van der Waals surface area contributed by atoms with E-state index in [4.69, 9.17) is 4.74 Å². The van der Waals surface area contributed by atoms with E-state index in [0.29, 0.717) is 5.56 Å². The number of halogens is 7. The van der Waals surface area contributed by atoms with Crippen molar-refractivity contribution in [3.05, 3.63) is 65.2 Å². The van der Waals surface area contributed by atoms with Gasteiger partial charge in [0.2, 0.25) is 11.8 Å². The molecule has 1 aliphatic rings. The van der Waals surface area contributed by atoms with Gasteiger partial charge in [0.15, 0.2) is 5.82 Å². The summed E-state index contributed by atoms with van der Waals surface area (Å²) in [4.78, 5) is 32.5. The third kappa shape index (κ3) is 8.85. The Morgan fingerprint density at radius 2 is 1.73 bits per heavy atom. The number of imidazole rings is 1. The first-order valence-electron chi connectivity index (χ1n) is 14.1. The summed E-state index contributed by atoms with van der Waals surface area (Å²) >= 11 is 0. The molecule has 44 heavy (non-hydrogen) atoms. The molecule has 3 aromatic rings. The monoisotopic (exact) mass is 630 g/mol. The minimum atomic E-state index is -4.86. The van der Waals surface area contributed by atoms with E-state index in [1.54, 1.807) is 30.3 Å². The summed E-state index contributed by atoms with van der Waals surface area (Å²) in [5.74, 6) is -7.91. The maximum Gasteiger partial charge on any atom is 0.408 e. The van der Waals surface area contributed by atoms with Crippen LogP contribution in [0.15, 0.2) is 42.5 Å². The number of alkyl carbamates (subject to hydrolysis) is 1. The number of rotatable bonds is 10. The summed E-state index contributed by atoms with van der Waals surface area (Å²) in [7, 11) is 0. The van der Waals surface area contributed by atoms with E-state index < -0.39 is 90.4 Å². The van der Waals surface area contributed by atoms with Crippen LogP contribution in [0.5, 0.6) is 0 Å². The Kier molecular flexibility index (Phi) is 9.79. The molecule has 1 fully saturated rings. The molecule has 0 saturated heterocycles. The van der Waals surface area contributed by atoms with Gasteiger partial charge in [-0.3, -0.25) is 4.79 Å². The summed E-state index contributed by atoms with van der Waals surface area (Å²) in [5.41, 5.74) is -2.20. The lowest BCUT2D eigenvalue weighted by Crippen LogP contribution is -2.39. The van der Waals surface area contributed by atoms with E-state index in [-0.39, 0.29) is 30.8 Å². The largest absolute Gasteiger partial charge is 0.445 e. The quantitative estimate of drug-likeness (QED) is 0.204. The molecule has 3 N–H and O–H groups in total. The van der Waals surface area contributed by atoms with Crippen LogP contribution in [0.25, 0.3) is 11.0 Å². The molecule has 1 saturated carbocycles. The molecule has 2 amide bonds. The Balaban J connectivity index is 1.64. The minimum absolute atomic E-state index is 0.000156. The molecule has 4 rings (SSSR count). The first-order valence-corrected chi connectivity index (χ1v) is 14.1. The average Bonchev–Trinajstić information content (AvgIpc) is 3.38. The maximum atomic E-state index is 15.8. The van der Waals surface area contributed by atoms with Crippen LogP contribution in [0.4, 0.5) is 35.5 Å². The predicted molar refractivity (Wildman–Crippen MR) is 147 cm³/mol. The average molecular weight is 631 g/mol. The summed E-state index contributed by atoms with van der Waals surface area (Å²) in [6, 6.07) is 9.98. The number of hydrogen-bond donors (Lipinski definition) is 3. The van der Waals surface area contributed by atoms with Crippen molar-refractivity contribution in [1.82, 2.24) is 20.6 Å². The number of nitrogens with one attached hydrogen (secondary N) is 3. The minimum Gasteiger partial charge on any atom is -0.445 e. The Hall–Kier alpha value is -3.84. The number of ether oxygens (including phenoxy) is 1. The van der Waals surface area contributed by atoms with Crippen molar-refractivity contribution in [2.75, 3.05) is 6.54 Å². The maximum absolute atomic E-state index is 15.8. The van der Waals surface area contributed by atoms with Gasteiger partial charge in [-0.05, 0) is 44.2 Å². The number of nitrogens with zero attached hydrogens (tertiary/aromatic N) is 1. The summed E-state index contributed by atoms with van der Waals surface area (Å²) < 4.78 is 103. The lowest BCUT2D eigenvalue weighted by molar-refractivity contribution is -0.148. The van der Waals surface area contributed by atoms with Crippen LogP contribution >= 0.6 is 0 Å². The van der Waals surface area contributed by atoms with Crippen LogP contribution in [-0.2, 0) is 16.1 Å². The van der Waals surface area contributed by atoms with E-state index >= 15 is 4.39 Å². The number of carbonyl (C=O) groups is 2. The van der Waals surface area contributed by atoms with Crippen molar-refractivity contribution >= 4 is 23.0 Å². The zero-order valence-corrected chi connectivity index (χ0v) is 24.0. The van der Waals surface area contributed by atoms with Crippen molar-refractivity contribution in [3.63, 3.8) is 0 Å². The molecule has 1 aliphatic carbocycles. The third-order valence-corrected chi connectivity index (χ3v) is 7.47. The molecule has 14 heteroatoms. The highest BCUT2D eigenvalue weighted by atomic mass is 19.4. The fourth-order valence-electron chi connectivity index (χ4n) is 5.19. The van der Waals surface area contributed by atoms with Crippen LogP contribution in [0.1, 0.15) is 74.9 Å². The highest BCUT2D eigenvalue weighted by Gasteiger charge is 2.41. The van der Waals surface area contributed by atoms with Gasteiger partial charge < -0.3 is 20.4 Å². The van der Waals surface area contributed by atoms with Crippen LogP contribution < -0.4 is 10.6 Å². The summed E-state index contributed by atoms with van der Waals surface area (Å²) in [6.07, 6.45) is -8.34. The van der Waals surface area contributed by atoms with E-state index in [1.807, 2.05) is 0 Å². The molecular weight excluding hydrogens is 597 g/mol. The van der Waals surface area contributed by atoms with E-state index in [0.717, 1.165) is 19.9 Å². The number of fused-ring (bicyclic) bond motifs is 1. The molecule has 240 valence electrons. The standard InChI is InChI=1S/C30H33F7N4O3/c1-28(2,32)16-38-26(42)20(14-30(35,36)37)19-8-9-21-24(22(19)31)40-25(39-21)23(18-10-12-29(33,34)13-11-18)41-27(43)44-15-17-6-4-3-5-7-17/h3-9,18,20,23H,10-16H2,1-2H3,(H,38,42)(H,39,40)(H,41,43)/t20?,23-/m0/s1. The Labute approximate surface area is 248 Å². The van der Waals surface area contributed by atoms with Gasteiger partial charge in [-0.1, -0.05) is 36.4 Å². The molecule has 7 nitrogen and oxygen atoms in total. The number of aromatic amines is 1. The number of benzene rings is 2. The van der Waals surface area contributed by atoms with Crippen LogP contribution in [0.2, 0.25) is 0 Å². The SMILES string of the molecule is CC(C)(F)CNC(=O)C(CC(F)(F)F)c1ccc2[nH]c([C@@H](NC(=O)OCc3ccccc3)C3CCC(F)(F)CC3)nc2c1F. The highest BCUT2D eigenvalue weighted by molar-refractivity contribution is 5.86. The fourth-order valence-corrected chi connectivity index (χ4v) is 5.19. The second kappa shape index (κ2) is 13.0. The second-order valence-electron chi connectivity index (χ2n) is 11.7. The van der Waals surface area contributed by atoms with Crippen molar-refractivity contribution in [2.24, 2.45) is 5.92 Å². The number of H-pyrrole nitrogens is 1. The van der Waals surface area contributed by atoms with Gasteiger partial charge >= 0.3 is 12.3 Å². The second-order valence-corrected chi connectivity index (χ2v) is 11.7. The van der Waals surface area contributed by atoms with Crippen molar-refractivity contribution in [3.8, 4) is 0 Å². The van der Waals surface area contributed by atoms with E-state index in [1.165, 1.54) is 6.07 Å². The molecule has 0 spiro atoms. The zero-order chi connectivity index (χ0) is 32.3. The molecule has 1 unspecified atom stereocenters. The van der Waals surface area contributed by atoms with Crippen molar-refractivity contribution in [1.29, 1.82) is 0 Å². The predicted octanol–water partition coefficient (Wildman–Crippen LogP) is 7.40. The molecule has 2 atom stereocenters. The van der Waals surface area contributed by atoms with Crippen molar-refractivity contribution in [2.45, 2.75) is 82.3 Å². The fraction of sp³-hybridized carbons (Fsp3) is 0.500. The molecule has 1 aromatic heterocycles. The van der Waals surface area contributed by atoms with Gasteiger partial charge in [-0.2, -0.15) is 13.2 Å². The van der Waals surface area contributed by atoms with Gasteiger partial charge in [0.25, 0.3) is 0 Å². The number of alkyl halides is 6. The van der Waals surface area contributed by atoms with Gasteiger partial charge in [-0.25, -0.2) is 27.3 Å². The first-order chi connectivity index (χ1) is 20.5. The first kappa shape index (κ1) is 33.1. The van der Waals surface area contributed by atoms with Gasteiger partial charge in [0.05, 0.1) is 30.4 Å². The van der Waals surface area contributed by atoms with Gasteiger partial charge in [0, 0.05) is 18.4 Å². The Morgan fingerprint density at radius 3 is 2.34 bits per heavy atom. The zero-order valence-electron chi connectivity index (χ0n) is 24.0. The third-order valence-electron chi connectivity index (χ3n) is 7.47. The van der Waals surface area contributed by atoms with Crippen LogP contribution in [0, 0.1) is 11.7 Å². The molecule has 0 radical (unpaired) electrons. The lowest BCUT2D eigenvalue weighted by Gasteiger charge is -2.33. The number of hydrogen-bond acceptors (Lipinski definition) is 4. The molecule has 0 aliphatic heterocycles. The van der Waals surface area contributed by atoms with Gasteiger partial charge in [0.1, 0.15) is 23.6 Å². The number of aromatic nitrogens is 2. The van der Waals surface area contributed by atoms with Crippen LogP contribution in [0.3, 0.4) is 0 Å². The van der Waals surface area contributed by atoms with E-state index in [9.17, 15) is 35.9 Å². The molecule has 0 bridgehead atoms. The Bertz CT molecular complexity index is 1440. The smallest absolute Gasteiger partial charge is 0.408 e. The Morgan fingerprint density at radius 1 is 1.07 bits per heavy atom. The molecular formula is C30H33F7N4O3. The molecule has 2 aromatic carbocycles. The number of amides is 2. The highest BCUT2D eigenvalue weighted by Crippen LogP contribution is 2.42. The molecule has 1 heterocycles. The summed E-state index contributed by atoms with van der Waals surface area (Å²) in [6.45, 7) is 1.58.